The number of carbonyl (C=O) groups is 1. The number of nitrogens with one attached hydrogen (secondary N) is 1. The Kier molecular flexibility index (Phi) is 5.41. The Morgan fingerprint density at radius 1 is 1.16 bits per heavy atom. The summed E-state index contributed by atoms with van der Waals surface area (Å²) in [5.41, 5.74) is 0. The van der Waals surface area contributed by atoms with Crippen LogP contribution in [0.15, 0.2) is 29.2 Å². The monoisotopic (exact) mass is 370 g/mol. The first-order chi connectivity index (χ1) is 11.9. The third-order valence-corrected chi connectivity index (χ3v) is 6.99. The molecule has 2 aliphatic rings. The van der Waals surface area contributed by atoms with Gasteiger partial charge in [-0.15, -0.1) is 0 Å². The van der Waals surface area contributed by atoms with Crippen molar-refractivity contribution in [2.24, 2.45) is 5.92 Å². The van der Waals surface area contributed by atoms with Gasteiger partial charge in [-0.05, 0) is 37.1 Å². The van der Waals surface area contributed by atoms with E-state index < -0.39 is 15.8 Å². The summed E-state index contributed by atoms with van der Waals surface area (Å²) in [5, 5.41) is 0. The molecule has 6 nitrogen and oxygen atoms in total. The zero-order chi connectivity index (χ0) is 18.0. The van der Waals surface area contributed by atoms with Crippen molar-refractivity contribution in [2.45, 2.75) is 17.7 Å². The normalized spacial score (nSPS) is 23.6. The molecule has 0 aromatic heterocycles. The lowest BCUT2D eigenvalue weighted by atomic mass is 9.98. The van der Waals surface area contributed by atoms with Crippen LogP contribution in [-0.4, -0.2) is 69.8 Å². The predicted octanol–water partition coefficient (Wildman–Crippen LogP) is -0.417. The van der Waals surface area contributed by atoms with Crippen LogP contribution in [0.2, 0.25) is 0 Å². The third kappa shape index (κ3) is 4.02. The van der Waals surface area contributed by atoms with E-state index in [0.717, 1.165) is 38.3 Å². The van der Waals surface area contributed by atoms with Crippen molar-refractivity contribution in [2.75, 3.05) is 46.3 Å². The lowest BCUT2D eigenvalue weighted by Gasteiger charge is -2.36. The van der Waals surface area contributed by atoms with Crippen LogP contribution in [0.4, 0.5) is 4.39 Å². The lowest BCUT2D eigenvalue weighted by Crippen LogP contribution is -3.12. The molecule has 138 valence electrons. The van der Waals surface area contributed by atoms with Crippen molar-refractivity contribution in [3.8, 4) is 0 Å². The van der Waals surface area contributed by atoms with E-state index >= 15 is 0 Å². The summed E-state index contributed by atoms with van der Waals surface area (Å²) in [6.45, 7) is 3.91. The minimum atomic E-state index is -3.69. The van der Waals surface area contributed by atoms with E-state index in [1.165, 1.54) is 21.3 Å². The minimum absolute atomic E-state index is 0.0616. The maximum atomic E-state index is 13.1. The van der Waals surface area contributed by atoms with E-state index in [9.17, 15) is 17.6 Å². The Labute approximate surface area is 148 Å². The summed E-state index contributed by atoms with van der Waals surface area (Å²) >= 11 is 0. The van der Waals surface area contributed by atoms with Gasteiger partial charge in [-0.3, -0.25) is 4.79 Å². The number of halogens is 1. The van der Waals surface area contributed by atoms with Gasteiger partial charge < -0.3 is 9.80 Å². The number of benzene rings is 1. The fourth-order valence-corrected chi connectivity index (χ4v) is 5.01. The highest BCUT2D eigenvalue weighted by atomic mass is 32.2. The van der Waals surface area contributed by atoms with E-state index in [4.69, 9.17) is 0 Å². The van der Waals surface area contributed by atoms with E-state index in [1.54, 1.807) is 0 Å². The van der Waals surface area contributed by atoms with Gasteiger partial charge >= 0.3 is 0 Å². The van der Waals surface area contributed by atoms with Crippen molar-refractivity contribution in [3.63, 3.8) is 0 Å². The topological polar surface area (TPSA) is 62.1 Å². The van der Waals surface area contributed by atoms with Crippen LogP contribution < -0.4 is 4.90 Å². The summed E-state index contributed by atoms with van der Waals surface area (Å²) in [6.07, 6.45) is 1.38. The number of rotatable bonds is 3. The smallest absolute Gasteiger partial charge is 0.243 e. The zero-order valence-corrected chi connectivity index (χ0v) is 15.3. The second kappa shape index (κ2) is 7.39. The number of piperidine rings is 1. The number of quaternary nitrogens is 1. The number of piperazine rings is 1. The van der Waals surface area contributed by atoms with Crippen molar-refractivity contribution in [3.05, 3.63) is 30.1 Å². The molecular formula is C17H25FN3O3S+. The molecule has 1 atom stereocenters. The Hall–Kier alpha value is -1.51. The number of nitrogens with zero attached hydrogens (tertiary/aromatic N) is 2. The van der Waals surface area contributed by atoms with Crippen LogP contribution in [-0.2, 0) is 14.8 Å². The predicted molar refractivity (Wildman–Crippen MR) is 91.1 cm³/mol. The molecule has 0 spiro atoms. The number of hydrogen-bond donors (Lipinski definition) is 1. The van der Waals surface area contributed by atoms with E-state index in [2.05, 4.69) is 7.05 Å². The Morgan fingerprint density at radius 3 is 2.44 bits per heavy atom. The molecule has 2 aliphatic heterocycles. The number of likely N-dealkylation sites (N-methyl/N-ethyl adjacent to an activating group) is 1. The highest BCUT2D eigenvalue weighted by Gasteiger charge is 2.36. The fourth-order valence-electron chi connectivity index (χ4n) is 3.48. The molecule has 0 radical (unpaired) electrons. The Bertz CT molecular complexity index is 715. The molecule has 0 aliphatic carbocycles. The molecule has 0 bridgehead atoms. The lowest BCUT2D eigenvalue weighted by molar-refractivity contribution is -0.883. The van der Waals surface area contributed by atoms with Crippen LogP contribution in [0.1, 0.15) is 12.8 Å². The van der Waals surface area contributed by atoms with Crippen molar-refractivity contribution in [1.82, 2.24) is 9.21 Å². The maximum absolute atomic E-state index is 13.1. The van der Waals surface area contributed by atoms with E-state index in [-0.39, 0.29) is 23.3 Å². The standard InChI is InChI=1S/C17H24FN3O3S/c1-19-9-11-20(12-10-19)17(22)14-3-2-8-21(13-14)25(23,24)16-6-4-15(18)5-7-16/h4-7,14H,2-3,8-13H2,1H3/p+1/t14-/m0/s1. The molecule has 0 saturated carbocycles. The van der Waals surface area contributed by atoms with Crippen molar-refractivity contribution >= 4 is 15.9 Å². The summed E-state index contributed by atoms with van der Waals surface area (Å²) in [7, 11) is -1.58. The highest BCUT2D eigenvalue weighted by molar-refractivity contribution is 7.89. The molecule has 3 rings (SSSR count). The average molecular weight is 370 g/mol. The molecule has 1 amide bonds. The van der Waals surface area contributed by atoms with Crippen molar-refractivity contribution in [1.29, 1.82) is 0 Å². The Balaban J connectivity index is 1.70. The van der Waals surface area contributed by atoms with Gasteiger partial charge in [-0.25, -0.2) is 12.8 Å². The van der Waals surface area contributed by atoms with Gasteiger partial charge in [0.15, 0.2) is 0 Å². The largest absolute Gasteiger partial charge is 0.334 e. The molecule has 8 heteroatoms. The molecular weight excluding hydrogens is 345 g/mol. The first kappa shape index (κ1) is 18.3. The highest BCUT2D eigenvalue weighted by Crippen LogP contribution is 2.25. The van der Waals surface area contributed by atoms with Crippen LogP contribution in [0, 0.1) is 11.7 Å². The Morgan fingerprint density at radius 2 is 1.80 bits per heavy atom. The summed E-state index contributed by atoms with van der Waals surface area (Å²) in [4.78, 5) is 16.1. The summed E-state index contributed by atoms with van der Waals surface area (Å²) < 4.78 is 39.9. The fraction of sp³-hybridized carbons (Fsp3) is 0.588. The van der Waals surface area contributed by atoms with Crippen LogP contribution >= 0.6 is 0 Å². The van der Waals surface area contributed by atoms with Crippen LogP contribution in [0.5, 0.6) is 0 Å². The number of sulfonamides is 1. The van der Waals surface area contributed by atoms with Crippen LogP contribution in [0.25, 0.3) is 0 Å². The summed E-state index contributed by atoms with van der Waals surface area (Å²) in [5.74, 6) is -0.697. The van der Waals surface area contributed by atoms with Gasteiger partial charge in [0.2, 0.25) is 15.9 Å². The zero-order valence-electron chi connectivity index (χ0n) is 14.4. The quantitative estimate of drug-likeness (QED) is 0.786. The molecule has 2 saturated heterocycles. The second-order valence-electron chi connectivity index (χ2n) is 6.94. The first-order valence-corrected chi connectivity index (χ1v) is 10.2. The number of hydrogen-bond acceptors (Lipinski definition) is 3. The second-order valence-corrected chi connectivity index (χ2v) is 8.88. The van der Waals surface area contributed by atoms with Gasteiger partial charge in [0.1, 0.15) is 5.82 Å². The molecule has 1 N–H and O–H groups in total. The van der Waals surface area contributed by atoms with Gasteiger partial charge in [0.25, 0.3) is 0 Å². The first-order valence-electron chi connectivity index (χ1n) is 8.74. The van der Waals surface area contributed by atoms with Crippen molar-refractivity contribution < 1.29 is 22.5 Å². The van der Waals surface area contributed by atoms with E-state index in [0.29, 0.717) is 19.4 Å². The minimum Gasteiger partial charge on any atom is -0.334 e. The van der Waals surface area contributed by atoms with Gasteiger partial charge in [0.05, 0.1) is 44.0 Å². The average Bonchev–Trinajstić information content (AvgIpc) is 2.62. The van der Waals surface area contributed by atoms with Gasteiger partial charge in [0, 0.05) is 13.1 Å². The van der Waals surface area contributed by atoms with Crippen LogP contribution in [0.3, 0.4) is 0 Å². The SMILES string of the molecule is C[NH+]1CCN(C(=O)[C@H]2CCCN(S(=O)(=O)c3ccc(F)cc3)C2)CC1. The third-order valence-electron chi connectivity index (χ3n) is 5.11. The molecule has 1 aromatic carbocycles. The molecule has 2 fully saturated rings. The van der Waals surface area contributed by atoms with Gasteiger partial charge in [-0.2, -0.15) is 4.31 Å². The maximum Gasteiger partial charge on any atom is 0.243 e. The molecule has 2 heterocycles. The molecule has 0 unspecified atom stereocenters. The van der Waals surface area contributed by atoms with Gasteiger partial charge in [-0.1, -0.05) is 0 Å². The number of amides is 1. The number of carbonyl (C=O) groups excluding carboxylic acids is 1. The summed E-state index contributed by atoms with van der Waals surface area (Å²) in [6, 6.07) is 4.84. The molecule has 25 heavy (non-hydrogen) atoms. The van der Waals surface area contributed by atoms with E-state index in [1.807, 2.05) is 4.90 Å². The molecule has 1 aromatic rings.